The lowest BCUT2D eigenvalue weighted by Crippen LogP contribution is -2.41. The van der Waals surface area contributed by atoms with Gasteiger partial charge in [-0.25, -0.2) is 4.98 Å². The Bertz CT molecular complexity index is 883. The third-order valence-corrected chi connectivity index (χ3v) is 5.63. The lowest BCUT2D eigenvalue weighted by molar-refractivity contribution is -0.137. The molecule has 0 N–H and O–H groups in total. The molecule has 6 heteroatoms. The van der Waals surface area contributed by atoms with Gasteiger partial charge < -0.3 is 9.64 Å². The molecule has 2 aromatic heterocycles. The van der Waals surface area contributed by atoms with Crippen molar-refractivity contribution in [2.75, 3.05) is 13.2 Å². The zero-order valence-corrected chi connectivity index (χ0v) is 15.8. The Hall–Kier alpha value is -2.73. The van der Waals surface area contributed by atoms with Crippen LogP contribution in [0.4, 0.5) is 0 Å². The van der Waals surface area contributed by atoms with E-state index in [0.717, 1.165) is 42.1 Å². The number of likely N-dealkylation sites (tertiary alicyclic amines) is 1. The van der Waals surface area contributed by atoms with Crippen LogP contribution in [0.3, 0.4) is 0 Å². The molecule has 3 aromatic rings. The van der Waals surface area contributed by atoms with Crippen molar-refractivity contribution in [1.29, 1.82) is 0 Å². The second kappa shape index (κ2) is 8.31. The number of thiazole rings is 1. The van der Waals surface area contributed by atoms with E-state index in [1.807, 2.05) is 47.4 Å². The normalized spacial score (nSPS) is 16.9. The number of amides is 1. The van der Waals surface area contributed by atoms with E-state index < -0.39 is 0 Å². The highest BCUT2D eigenvalue weighted by atomic mass is 32.1. The highest BCUT2D eigenvalue weighted by molar-refractivity contribution is 7.13. The van der Waals surface area contributed by atoms with E-state index in [-0.39, 0.29) is 18.6 Å². The van der Waals surface area contributed by atoms with Crippen LogP contribution < -0.4 is 4.74 Å². The molecule has 1 unspecified atom stereocenters. The summed E-state index contributed by atoms with van der Waals surface area (Å²) in [5.74, 6) is 0.732. The largest absolute Gasteiger partial charge is 0.484 e. The van der Waals surface area contributed by atoms with Gasteiger partial charge in [-0.1, -0.05) is 18.2 Å². The molecule has 1 amide bonds. The highest BCUT2D eigenvalue weighted by Gasteiger charge is 2.30. The summed E-state index contributed by atoms with van der Waals surface area (Å²) in [6, 6.07) is 13.4. The number of benzene rings is 1. The third-order valence-electron chi connectivity index (χ3n) is 4.72. The molecule has 0 spiro atoms. The molecule has 1 atom stereocenters. The molecule has 1 aromatic carbocycles. The fraction of sp³-hybridized carbons (Fsp3) is 0.286. The van der Waals surface area contributed by atoms with Gasteiger partial charge in [0.1, 0.15) is 10.8 Å². The van der Waals surface area contributed by atoms with Crippen molar-refractivity contribution in [3.8, 4) is 16.3 Å². The third kappa shape index (κ3) is 4.17. The molecule has 1 aliphatic heterocycles. The number of hydrogen-bond donors (Lipinski definition) is 0. The first-order valence-electron chi connectivity index (χ1n) is 9.14. The summed E-state index contributed by atoms with van der Waals surface area (Å²) in [6.07, 6.45) is 6.61. The molecule has 0 radical (unpaired) electrons. The fourth-order valence-corrected chi connectivity index (χ4v) is 4.22. The van der Waals surface area contributed by atoms with Crippen molar-refractivity contribution in [3.63, 3.8) is 0 Å². The van der Waals surface area contributed by atoms with Gasteiger partial charge in [0.2, 0.25) is 0 Å². The number of para-hydroxylation sites is 1. The number of pyridine rings is 1. The first kappa shape index (κ1) is 17.7. The quantitative estimate of drug-likeness (QED) is 0.662. The molecule has 1 saturated heterocycles. The van der Waals surface area contributed by atoms with Crippen LogP contribution in [0, 0.1) is 0 Å². The number of nitrogens with zero attached hydrogens (tertiary/aromatic N) is 3. The number of hydrogen-bond acceptors (Lipinski definition) is 5. The number of piperidine rings is 1. The van der Waals surface area contributed by atoms with Crippen LogP contribution in [0.15, 0.2) is 60.2 Å². The van der Waals surface area contributed by atoms with Gasteiger partial charge in [-0.05, 0) is 43.5 Å². The van der Waals surface area contributed by atoms with Crippen molar-refractivity contribution in [2.45, 2.75) is 25.3 Å². The Labute approximate surface area is 162 Å². The zero-order valence-electron chi connectivity index (χ0n) is 15.0. The minimum absolute atomic E-state index is 0.0158. The molecule has 27 heavy (non-hydrogen) atoms. The summed E-state index contributed by atoms with van der Waals surface area (Å²) in [5.41, 5.74) is 2.03. The van der Waals surface area contributed by atoms with Gasteiger partial charge in [-0.2, -0.15) is 0 Å². The van der Waals surface area contributed by atoms with Gasteiger partial charge in [-0.15, -0.1) is 11.3 Å². The summed E-state index contributed by atoms with van der Waals surface area (Å²) in [7, 11) is 0. The molecular weight excluding hydrogens is 358 g/mol. The topological polar surface area (TPSA) is 55.3 Å². The molecule has 5 nitrogen and oxygen atoms in total. The number of ether oxygens (including phenoxy) is 1. The van der Waals surface area contributed by atoms with Crippen molar-refractivity contribution in [1.82, 2.24) is 14.9 Å². The predicted octanol–water partition coefficient (Wildman–Crippen LogP) is 4.34. The maximum Gasteiger partial charge on any atom is 0.261 e. The van der Waals surface area contributed by atoms with E-state index in [1.165, 1.54) is 0 Å². The van der Waals surface area contributed by atoms with Crippen LogP contribution in [-0.4, -0.2) is 33.9 Å². The van der Waals surface area contributed by atoms with E-state index >= 15 is 0 Å². The summed E-state index contributed by atoms with van der Waals surface area (Å²) in [4.78, 5) is 23.6. The zero-order chi connectivity index (χ0) is 18.5. The second-order valence-corrected chi connectivity index (χ2v) is 7.37. The predicted molar refractivity (Wildman–Crippen MR) is 106 cm³/mol. The molecular formula is C21H21N3O2S. The summed E-state index contributed by atoms with van der Waals surface area (Å²) < 4.78 is 5.66. The van der Waals surface area contributed by atoms with Crippen molar-refractivity contribution < 1.29 is 9.53 Å². The van der Waals surface area contributed by atoms with E-state index in [2.05, 4.69) is 10.4 Å². The number of carbonyl (C=O) groups excluding carboxylic acids is 1. The molecule has 4 rings (SSSR count). The average molecular weight is 379 g/mol. The van der Waals surface area contributed by atoms with E-state index in [1.54, 1.807) is 23.7 Å². The second-order valence-electron chi connectivity index (χ2n) is 6.51. The Morgan fingerprint density at radius 2 is 1.96 bits per heavy atom. The lowest BCUT2D eigenvalue weighted by atomic mass is 10.00. The van der Waals surface area contributed by atoms with Crippen molar-refractivity contribution >= 4 is 17.2 Å². The van der Waals surface area contributed by atoms with Crippen LogP contribution in [0.25, 0.3) is 10.6 Å². The smallest absolute Gasteiger partial charge is 0.261 e. The van der Waals surface area contributed by atoms with Gasteiger partial charge in [0, 0.05) is 29.9 Å². The minimum atomic E-state index is 0.0158. The van der Waals surface area contributed by atoms with Gasteiger partial charge >= 0.3 is 0 Å². The highest BCUT2D eigenvalue weighted by Crippen LogP contribution is 2.34. The number of rotatable bonds is 5. The molecule has 1 aliphatic rings. The summed E-state index contributed by atoms with van der Waals surface area (Å²) >= 11 is 1.61. The fourth-order valence-electron chi connectivity index (χ4n) is 3.35. The lowest BCUT2D eigenvalue weighted by Gasteiger charge is -2.34. The summed E-state index contributed by atoms with van der Waals surface area (Å²) in [5, 5.41) is 3.04. The van der Waals surface area contributed by atoms with Crippen LogP contribution in [0.1, 0.15) is 31.0 Å². The van der Waals surface area contributed by atoms with Gasteiger partial charge in [0.15, 0.2) is 6.61 Å². The molecule has 3 heterocycles. The van der Waals surface area contributed by atoms with Crippen LogP contribution >= 0.6 is 11.3 Å². The van der Waals surface area contributed by atoms with Crippen LogP contribution in [-0.2, 0) is 4.79 Å². The SMILES string of the molecule is O=C(COc1ccccc1)N1CCCCC1c1csc(-c2ccncc2)n1. The Morgan fingerprint density at radius 3 is 2.78 bits per heavy atom. The first-order chi connectivity index (χ1) is 13.3. The summed E-state index contributed by atoms with van der Waals surface area (Å²) in [6.45, 7) is 0.811. The Kier molecular flexibility index (Phi) is 5.44. The van der Waals surface area contributed by atoms with E-state index in [0.29, 0.717) is 5.75 Å². The Balaban J connectivity index is 1.47. The Morgan fingerprint density at radius 1 is 1.15 bits per heavy atom. The maximum atomic E-state index is 12.8. The standard InChI is InChI=1S/C21H21N3O2S/c25-20(14-26-17-6-2-1-3-7-17)24-13-5-4-8-19(24)18-15-27-21(23-18)16-9-11-22-12-10-16/h1-3,6-7,9-12,15,19H,4-5,8,13-14H2. The van der Waals surface area contributed by atoms with Crippen LogP contribution in [0.5, 0.6) is 5.75 Å². The molecule has 0 saturated carbocycles. The van der Waals surface area contributed by atoms with Crippen molar-refractivity contribution in [2.24, 2.45) is 0 Å². The molecule has 0 bridgehead atoms. The molecule has 138 valence electrons. The van der Waals surface area contributed by atoms with Crippen LogP contribution in [0.2, 0.25) is 0 Å². The maximum absolute atomic E-state index is 12.8. The molecule has 0 aliphatic carbocycles. The average Bonchev–Trinajstić information content (AvgIpc) is 3.23. The number of aromatic nitrogens is 2. The number of carbonyl (C=O) groups is 1. The van der Waals surface area contributed by atoms with Gasteiger partial charge in [0.25, 0.3) is 5.91 Å². The monoisotopic (exact) mass is 379 g/mol. The van der Waals surface area contributed by atoms with Gasteiger partial charge in [0.05, 0.1) is 11.7 Å². The molecule has 1 fully saturated rings. The van der Waals surface area contributed by atoms with Crippen molar-refractivity contribution in [3.05, 3.63) is 65.9 Å². The van der Waals surface area contributed by atoms with E-state index in [9.17, 15) is 4.79 Å². The van der Waals surface area contributed by atoms with E-state index in [4.69, 9.17) is 9.72 Å². The minimum Gasteiger partial charge on any atom is -0.484 e. The van der Waals surface area contributed by atoms with Gasteiger partial charge in [-0.3, -0.25) is 9.78 Å². The first-order valence-corrected chi connectivity index (χ1v) is 10.0.